The number of methoxy groups -OCH3 is 3. The first kappa shape index (κ1) is 74.1. The number of hydrogen-bond donors (Lipinski definition) is 5. The van der Waals surface area contributed by atoms with Gasteiger partial charge in [0.1, 0.15) is 54.5 Å². The van der Waals surface area contributed by atoms with E-state index in [1.807, 2.05) is 70.3 Å². The van der Waals surface area contributed by atoms with E-state index in [4.69, 9.17) is 43.6 Å². The molecule has 10 atom stereocenters. The number of alkyl carbamates (subject to hydrolysis) is 3. The molecule has 0 radical (unpaired) electrons. The van der Waals surface area contributed by atoms with Crippen molar-refractivity contribution in [1.82, 2.24) is 50.6 Å². The molecular formula is C91H98N12O11. The van der Waals surface area contributed by atoms with Crippen LogP contribution in [-0.4, -0.2) is 146 Å². The molecule has 0 spiro atoms. The molecule has 7 aliphatic heterocycles. The van der Waals surface area contributed by atoms with Crippen molar-refractivity contribution in [3.8, 4) is 56.3 Å². The summed E-state index contributed by atoms with van der Waals surface area (Å²) in [5.74, 6) is 4.44. The lowest BCUT2D eigenvalue weighted by Crippen LogP contribution is -2.56. The van der Waals surface area contributed by atoms with E-state index in [2.05, 4.69) is 115 Å². The van der Waals surface area contributed by atoms with Crippen molar-refractivity contribution in [2.24, 2.45) is 33.7 Å². The highest BCUT2D eigenvalue weighted by Gasteiger charge is 2.52. The molecule has 10 aliphatic rings. The number of nitrogens with one attached hydrogen (secondary N) is 5. The summed E-state index contributed by atoms with van der Waals surface area (Å²) in [6, 6.07) is 37.2. The largest absolute Gasteiger partial charge is 0.488 e. The quantitative estimate of drug-likeness (QED) is 0.0598. The van der Waals surface area contributed by atoms with Crippen LogP contribution in [0, 0.1) is 23.7 Å². The van der Waals surface area contributed by atoms with Gasteiger partial charge in [-0.05, 0) is 209 Å². The van der Waals surface area contributed by atoms with Gasteiger partial charge in [0.15, 0.2) is 0 Å². The van der Waals surface area contributed by atoms with E-state index in [0.29, 0.717) is 61.7 Å². The van der Waals surface area contributed by atoms with Crippen LogP contribution in [0.25, 0.3) is 66.3 Å². The van der Waals surface area contributed by atoms with Gasteiger partial charge in [-0.2, -0.15) is 0 Å². The van der Waals surface area contributed by atoms with Crippen molar-refractivity contribution in [2.45, 2.75) is 198 Å². The fourth-order valence-corrected chi connectivity index (χ4v) is 20.4. The van der Waals surface area contributed by atoms with Crippen molar-refractivity contribution in [3.05, 3.63) is 167 Å². The predicted octanol–water partition coefficient (Wildman–Crippen LogP) is 16.6. The number of aliphatic imine (C=N–C) groups is 2. The van der Waals surface area contributed by atoms with E-state index >= 15 is 0 Å². The maximum Gasteiger partial charge on any atom is 0.407 e. The number of imidazole rings is 2. The van der Waals surface area contributed by atoms with Gasteiger partial charge in [-0.25, -0.2) is 24.4 Å². The van der Waals surface area contributed by atoms with Gasteiger partial charge in [0, 0.05) is 71.1 Å². The molecular weight excluding hydrogens is 1440 g/mol. The van der Waals surface area contributed by atoms with Crippen molar-refractivity contribution >= 4 is 80.3 Å². The minimum absolute atomic E-state index is 0.0249. The van der Waals surface area contributed by atoms with Crippen LogP contribution in [0.5, 0.6) is 11.5 Å². The second-order valence-electron chi connectivity index (χ2n) is 33.4. The maximum atomic E-state index is 14.3. The van der Waals surface area contributed by atoms with E-state index in [-0.39, 0.29) is 59.8 Å². The molecule has 3 saturated heterocycles. The Balaban J connectivity index is 0.000000163. The van der Waals surface area contributed by atoms with Crippen LogP contribution in [0.2, 0.25) is 0 Å². The Labute approximate surface area is 662 Å². The Morgan fingerprint density at radius 1 is 0.491 bits per heavy atom. The van der Waals surface area contributed by atoms with Crippen molar-refractivity contribution in [3.63, 3.8) is 0 Å². The fraction of sp³-hybridized carbons (Fsp3) is 0.429. The topological polar surface area (TPSA) is 276 Å². The highest BCUT2D eigenvalue weighted by atomic mass is 16.5. The fourth-order valence-electron chi connectivity index (χ4n) is 20.4. The third-order valence-corrected chi connectivity index (χ3v) is 26.2. The van der Waals surface area contributed by atoms with Crippen LogP contribution >= 0.6 is 0 Å². The number of rotatable bonds is 15. The first-order chi connectivity index (χ1) is 55.4. The monoisotopic (exact) mass is 1530 g/mol. The minimum atomic E-state index is -0.894. The Kier molecular flexibility index (Phi) is 19.8. The second-order valence-corrected chi connectivity index (χ2v) is 33.4. The van der Waals surface area contributed by atoms with Gasteiger partial charge in [-0.1, -0.05) is 108 Å². The summed E-state index contributed by atoms with van der Waals surface area (Å²) in [6.07, 6.45) is 18.1. The molecule has 6 amide bonds. The van der Waals surface area contributed by atoms with Crippen molar-refractivity contribution < 1.29 is 52.5 Å². The molecule has 3 saturated carbocycles. The number of carbonyl (C=O) groups is 6. The van der Waals surface area contributed by atoms with E-state index < -0.39 is 36.4 Å². The van der Waals surface area contributed by atoms with Gasteiger partial charge >= 0.3 is 18.3 Å². The van der Waals surface area contributed by atoms with Gasteiger partial charge in [-0.3, -0.25) is 24.4 Å². The first-order valence-corrected chi connectivity index (χ1v) is 41.0. The summed E-state index contributed by atoms with van der Waals surface area (Å²) in [5.41, 5.74) is 17.6. The zero-order valence-corrected chi connectivity index (χ0v) is 65.7. The molecule has 9 aromatic rings. The zero-order valence-electron chi connectivity index (χ0n) is 65.7. The van der Waals surface area contributed by atoms with Crippen LogP contribution in [0.4, 0.5) is 25.8 Å². The smallest absolute Gasteiger partial charge is 0.407 e. The maximum absolute atomic E-state index is 14.3. The van der Waals surface area contributed by atoms with Crippen LogP contribution < -0.4 is 25.4 Å². The van der Waals surface area contributed by atoms with Crippen LogP contribution in [0.3, 0.4) is 0 Å². The van der Waals surface area contributed by atoms with E-state index in [1.165, 1.54) is 80.0 Å². The third kappa shape index (κ3) is 13.5. The molecule has 7 aromatic carbocycles. The van der Waals surface area contributed by atoms with Gasteiger partial charge in [0.05, 0.1) is 74.6 Å². The SMILES string of the molecule is COC(=O)N[C@H](C(=O)N1[C@H](C2=Nc3ccc4cc5c(cc4c3C2)COc2cc(-c3cnc(C4CCCC4)[nH]3)ccc2-5)C[C@@H]2CCC[C@@H]21)C(C)C.COC(=O)N[C@H](C(=O)N1[C@H](C2=Nc3ccc4cc5c(cc4c3C2)COc2cc(-c3cnc(C4CCCN4C(=O)[C@H](NC(=O)OC)c4ccccc4)[nH]3)ccc2-5)C[C@@H]2CCC[C@@H]21)C(C)C. The number of hydrogen-bond acceptors (Lipinski definition) is 15. The van der Waals surface area contributed by atoms with Gasteiger partial charge < -0.3 is 64.3 Å². The number of carbonyl (C=O) groups excluding carboxylic acids is 6. The third-order valence-electron chi connectivity index (χ3n) is 26.2. The Morgan fingerprint density at radius 2 is 0.982 bits per heavy atom. The molecule has 6 fully saturated rings. The molecule has 114 heavy (non-hydrogen) atoms. The molecule has 2 aromatic heterocycles. The number of benzene rings is 7. The summed E-state index contributed by atoms with van der Waals surface area (Å²) in [5, 5.41) is 13.0. The number of aromatic nitrogens is 4. The lowest BCUT2D eigenvalue weighted by molar-refractivity contribution is -0.137. The highest BCUT2D eigenvalue weighted by molar-refractivity contribution is 6.08. The van der Waals surface area contributed by atoms with Crippen LogP contribution in [0.15, 0.2) is 138 Å². The average Bonchev–Trinajstić information content (AvgIpc) is 1.01. The van der Waals surface area contributed by atoms with E-state index in [1.54, 1.807) is 11.1 Å². The summed E-state index contributed by atoms with van der Waals surface area (Å²) in [4.78, 5) is 112. The normalized spacial score (nSPS) is 22.2. The van der Waals surface area contributed by atoms with E-state index in [9.17, 15) is 28.8 Å². The molecule has 1 unspecified atom stereocenters. The minimum Gasteiger partial charge on any atom is -0.488 e. The molecule has 23 nitrogen and oxygen atoms in total. The average molecular weight is 1540 g/mol. The lowest BCUT2D eigenvalue weighted by Gasteiger charge is -2.34. The van der Waals surface area contributed by atoms with Crippen molar-refractivity contribution in [1.29, 1.82) is 0 Å². The molecule has 9 heterocycles. The number of fused-ring (bicyclic) bond motifs is 14. The molecule has 0 bridgehead atoms. The summed E-state index contributed by atoms with van der Waals surface area (Å²) in [6.45, 7) is 9.31. The highest BCUT2D eigenvalue weighted by Crippen LogP contribution is 2.51. The molecule has 3 aliphatic carbocycles. The number of ether oxygens (including phenoxy) is 5. The summed E-state index contributed by atoms with van der Waals surface area (Å²) >= 11 is 0. The summed E-state index contributed by atoms with van der Waals surface area (Å²) < 4.78 is 27.5. The molecule has 588 valence electrons. The Hall–Kier alpha value is -11.4. The number of nitrogens with zero attached hydrogens (tertiary/aromatic N) is 7. The number of H-pyrrole nitrogens is 2. The standard InChI is InChI=1S/C50H53N7O7.C41H45N5O4/c1-27(2)44(54-49(60)62-3)48(59)57-40-13-8-12-31(40)22-42(57)38-24-36-34-21-32-26-64-43-23-30(15-17-33(43)35(32)20-29(34)16-18-37(36)52-38)39-25-51-46(53-39)41-14-9-19-56(41)47(58)45(55-50(61)63-4)28-10-6-5-7-11-28;1-22(2)38(45-41(48)49-3)40(47)46-35-10-6-9-26(35)17-36(46)33-19-31-29-16-27-21-50-37-18-25(34-20-42-39(44-34)23-7-4-5-8-23)11-13-28(37)30(27)15-24(29)12-14-32(31)43-33/h5-7,10-11,15-18,20-21,23,25,27,31,40-42,44-45H,8-9,12-14,19,22,24,26H2,1-4H3,(H,51,53)(H,54,60)(H,55,61);11-16,18,20,22-23,26,35-36,38H,4-10,17,19,21H2,1-3H3,(H,42,44)(H,45,48)/t31-,40-,41?,42-,44-,45+;26-,35-,36-,38-/m00/s1. The first-order valence-electron chi connectivity index (χ1n) is 41.0. The van der Waals surface area contributed by atoms with Gasteiger partial charge in [0.25, 0.3) is 5.91 Å². The Morgan fingerprint density at radius 3 is 1.48 bits per heavy atom. The second kappa shape index (κ2) is 30.5. The number of amides is 6. The lowest BCUT2D eigenvalue weighted by atomic mass is 9.90. The Bertz CT molecular complexity index is 5390. The van der Waals surface area contributed by atoms with Crippen molar-refractivity contribution in [2.75, 3.05) is 27.9 Å². The van der Waals surface area contributed by atoms with Crippen LogP contribution in [0.1, 0.15) is 175 Å². The van der Waals surface area contributed by atoms with Gasteiger partial charge in [0.2, 0.25) is 11.8 Å². The molecule has 23 heteroatoms. The molecule has 5 N–H and O–H groups in total. The number of aromatic amines is 2. The van der Waals surface area contributed by atoms with E-state index in [0.717, 1.165) is 160 Å². The zero-order chi connectivity index (χ0) is 78.3. The summed E-state index contributed by atoms with van der Waals surface area (Å²) in [7, 11) is 3.94. The molecule has 19 rings (SSSR count). The van der Waals surface area contributed by atoms with Crippen LogP contribution in [-0.2, 0) is 54.6 Å². The number of likely N-dealkylation sites (tertiary alicyclic amines) is 3. The predicted molar refractivity (Wildman–Crippen MR) is 435 cm³/mol. The van der Waals surface area contributed by atoms with Gasteiger partial charge in [-0.15, -0.1) is 0 Å².